The van der Waals surface area contributed by atoms with E-state index in [1.54, 1.807) is 6.07 Å². The van der Waals surface area contributed by atoms with Gasteiger partial charge in [-0.25, -0.2) is 4.98 Å². The Bertz CT molecular complexity index is 573. The predicted molar refractivity (Wildman–Crippen MR) is 70.1 cm³/mol. The molecule has 1 aliphatic carbocycles. The quantitative estimate of drug-likeness (QED) is 0.886. The van der Waals surface area contributed by atoms with Gasteiger partial charge in [0.1, 0.15) is 11.6 Å². The lowest BCUT2D eigenvalue weighted by Gasteiger charge is -2.01. The molecule has 2 aromatic rings. The minimum atomic E-state index is 0.254. The van der Waals surface area contributed by atoms with Gasteiger partial charge in [-0.1, -0.05) is 0 Å². The van der Waals surface area contributed by atoms with Crippen molar-refractivity contribution in [1.29, 1.82) is 0 Å². The molecule has 3 nitrogen and oxygen atoms in total. The maximum atomic E-state index is 9.49. The van der Waals surface area contributed by atoms with Gasteiger partial charge in [0, 0.05) is 17.2 Å². The van der Waals surface area contributed by atoms with Crippen LogP contribution in [0, 0.1) is 6.92 Å². The van der Waals surface area contributed by atoms with E-state index >= 15 is 0 Å². The van der Waals surface area contributed by atoms with Crippen LogP contribution in [0.5, 0.6) is 5.75 Å². The van der Waals surface area contributed by atoms with Crippen LogP contribution in [0.15, 0.2) is 22.7 Å². The number of H-pyrrole nitrogens is 1. The fourth-order valence-electron chi connectivity index (χ4n) is 1.97. The van der Waals surface area contributed by atoms with Crippen molar-refractivity contribution in [3.8, 4) is 17.0 Å². The number of hydrogen-bond donors (Lipinski definition) is 2. The lowest BCUT2D eigenvalue weighted by Crippen LogP contribution is -1.82. The highest BCUT2D eigenvalue weighted by Crippen LogP contribution is 2.40. The second-order valence-corrected chi connectivity index (χ2v) is 5.39. The highest BCUT2D eigenvalue weighted by molar-refractivity contribution is 9.10. The van der Waals surface area contributed by atoms with E-state index in [1.165, 1.54) is 12.8 Å². The topological polar surface area (TPSA) is 48.9 Å². The van der Waals surface area contributed by atoms with E-state index in [1.807, 2.05) is 19.1 Å². The summed E-state index contributed by atoms with van der Waals surface area (Å²) in [6.07, 6.45) is 2.48. The molecule has 1 aromatic heterocycles. The lowest BCUT2D eigenvalue weighted by atomic mass is 10.1. The maximum absolute atomic E-state index is 9.49. The lowest BCUT2D eigenvalue weighted by molar-refractivity contribution is 0.472. The van der Waals surface area contributed by atoms with Crippen LogP contribution < -0.4 is 0 Å². The number of imidazole rings is 1. The Labute approximate surface area is 108 Å². The normalized spacial score (nSPS) is 15.2. The number of aromatic amines is 1. The molecule has 1 saturated carbocycles. The zero-order valence-corrected chi connectivity index (χ0v) is 11.1. The third kappa shape index (κ3) is 1.97. The van der Waals surface area contributed by atoms with Gasteiger partial charge in [-0.3, -0.25) is 0 Å². The van der Waals surface area contributed by atoms with Gasteiger partial charge < -0.3 is 10.1 Å². The second kappa shape index (κ2) is 3.88. The summed E-state index contributed by atoms with van der Waals surface area (Å²) in [6.45, 7) is 2.04. The first-order valence-corrected chi connectivity index (χ1v) is 6.50. The first-order chi connectivity index (χ1) is 8.15. The molecule has 4 heteroatoms. The van der Waals surface area contributed by atoms with Gasteiger partial charge in [0.15, 0.2) is 0 Å². The monoisotopic (exact) mass is 292 g/mol. The van der Waals surface area contributed by atoms with Crippen molar-refractivity contribution in [2.45, 2.75) is 25.7 Å². The van der Waals surface area contributed by atoms with E-state index in [2.05, 4.69) is 25.9 Å². The van der Waals surface area contributed by atoms with Crippen molar-refractivity contribution in [2.24, 2.45) is 0 Å². The molecule has 0 bridgehead atoms. The smallest absolute Gasteiger partial charge is 0.129 e. The number of nitrogens with zero attached hydrogens (tertiary/aromatic N) is 1. The van der Waals surface area contributed by atoms with Crippen LogP contribution in [0.2, 0.25) is 0 Å². The minimum Gasteiger partial charge on any atom is -0.507 e. The van der Waals surface area contributed by atoms with E-state index in [-0.39, 0.29) is 5.75 Å². The molecule has 1 aliphatic rings. The average Bonchev–Trinajstić information content (AvgIpc) is 3.07. The largest absolute Gasteiger partial charge is 0.507 e. The van der Waals surface area contributed by atoms with E-state index < -0.39 is 0 Å². The van der Waals surface area contributed by atoms with Crippen molar-refractivity contribution in [3.63, 3.8) is 0 Å². The number of hydrogen-bond acceptors (Lipinski definition) is 2. The number of aryl methyl sites for hydroxylation is 1. The molecule has 3 rings (SSSR count). The fourth-order valence-corrected chi connectivity index (χ4v) is 2.35. The van der Waals surface area contributed by atoms with Crippen LogP contribution >= 0.6 is 15.9 Å². The molecule has 1 fully saturated rings. The molecular formula is C13H13BrN2O. The number of halogens is 1. The zero-order valence-electron chi connectivity index (χ0n) is 9.50. The Morgan fingerprint density at radius 1 is 1.41 bits per heavy atom. The first kappa shape index (κ1) is 10.8. The van der Waals surface area contributed by atoms with Crippen LogP contribution in [0.3, 0.4) is 0 Å². The van der Waals surface area contributed by atoms with Crippen molar-refractivity contribution in [3.05, 3.63) is 34.2 Å². The number of aromatic nitrogens is 2. The third-order valence-electron chi connectivity index (χ3n) is 3.09. The molecule has 17 heavy (non-hydrogen) atoms. The van der Waals surface area contributed by atoms with Gasteiger partial charge in [-0.2, -0.15) is 0 Å². The highest BCUT2D eigenvalue weighted by atomic mass is 79.9. The minimum absolute atomic E-state index is 0.254. The summed E-state index contributed by atoms with van der Waals surface area (Å²) in [4.78, 5) is 8.01. The van der Waals surface area contributed by atoms with Gasteiger partial charge in [-0.15, -0.1) is 0 Å². The summed E-state index contributed by atoms with van der Waals surface area (Å²) in [5.41, 5.74) is 3.09. The predicted octanol–water partition coefficient (Wildman–Crippen LogP) is 3.73. The van der Waals surface area contributed by atoms with Crippen LogP contribution in [0.4, 0.5) is 0 Å². The van der Waals surface area contributed by atoms with Crippen molar-refractivity contribution in [1.82, 2.24) is 9.97 Å². The Hall–Kier alpha value is -1.29. The molecule has 0 spiro atoms. The Balaban J connectivity index is 2.04. The van der Waals surface area contributed by atoms with E-state index in [9.17, 15) is 5.11 Å². The van der Waals surface area contributed by atoms with Crippen molar-refractivity contribution >= 4 is 15.9 Å². The van der Waals surface area contributed by atoms with Gasteiger partial charge in [0.05, 0.1) is 10.2 Å². The van der Waals surface area contributed by atoms with E-state index in [0.29, 0.717) is 10.4 Å². The van der Waals surface area contributed by atoms with Crippen LogP contribution in [0.25, 0.3) is 11.3 Å². The summed E-state index contributed by atoms with van der Waals surface area (Å²) in [6, 6.07) is 5.47. The number of phenolic OH excluding ortho intramolecular Hbond substituents is 1. The second-order valence-electron chi connectivity index (χ2n) is 4.54. The van der Waals surface area contributed by atoms with Crippen LogP contribution in [-0.4, -0.2) is 15.1 Å². The van der Waals surface area contributed by atoms with Crippen molar-refractivity contribution < 1.29 is 5.11 Å². The number of nitrogens with one attached hydrogen (secondary N) is 1. The van der Waals surface area contributed by atoms with Gasteiger partial charge in [0.25, 0.3) is 0 Å². The molecule has 0 amide bonds. The Morgan fingerprint density at radius 2 is 2.18 bits per heavy atom. The van der Waals surface area contributed by atoms with Crippen LogP contribution in [-0.2, 0) is 0 Å². The fraction of sp³-hybridized carbons (Fsp3) is 0.308. The summed E-state index contributed by atoms with van der Waals surface area (Å²) in [5.74, 6) is 1.98. The summed E-state index contributed by atoms with van der Waals surface area (Å²) in [7, 11) is 0. The van der Waals surface area contributed by atoms with Gasteiger partial charge in [0.2, 0.25) is 0 Å². The molecule has 0 radical (unpaired) electrons. The molecule has 1 aromatic carbocycles. The standard InChI is InChI=1S/C13H13BrN2O/c1-7-12(16-13(15-7)8-2-3-8)9-4-5-11(17)10(14)6-9/h4-6,8,17H,2-3H2,1H3,(H,15,16). The molecular weight excluding hydrogens is 280 g/mol. The maximum Gasteiger partial charge on any atom is 0.129 e. The third-order valence-corrected chi connectivity index (χ3v) is 3.72. The highest BCUT2D eigenvalue weighted by Gasteiger charge is 2.27. The average molecular weight is 293 g/mol. The number of benzene rings is 1. The summed E-state index contributed by atoms with van der Waals surface area (Å²) >= 11 is 3.33. The molecule has 88 valence electrons. The molecule has 2 N–H and O–H groups in total. The molecule has 0 aliphatic heterocycles. The Kier molecular flexibility index (Phi) is 2.47. The summed E-state index contributed by atoms with van der Waals surface area (Å²) < 4.78 is 0.699. The molecule has 0 atom stereocenters. The van der Waals surface area contributed by atoms with Crippen LogP contribution in [0.1, 0.15) is 30.3 Å². The first-order valence-electron chi connectivity index (χ1n) is 5.70. The number of rotatable bonds is 2. The molecule has 1 heterocycles. The van der Waals surface area contributed by atoms with E-state index in [4.69, 9.17) is 0 Å². The Morgan fingerprint density at radius 3 is 2.82 bits per heavy atom. The van der Waals surface area contributed by atoms with Crippen molar-refractivity contribution in [2.75, 3.05) is 0 Å². The molecule has 0 unspecified atom stereocenters. The zero-order chi connectivity index (χ0) is 12.0. The number of phenols is 1. The molecule has 0 saturated heterocycles. The van der Waals surface area contributed by atoms with Gasteiger partial charge in [-0.05, 0) is 53.9 Å². The number of aromatic hydroxyl groups is 1. The van der Waals surface area contributed by atoms with E-state index in [0.717, 1.165) is 22.8 Å². The SMILES string of the molecule is Cc1[nH]c(C2CC2)nc1-c1ccc(O)c(Br)c1. The van der Waals surface area contributed by atoms with Gasteiger partial charge >= 0.3 is 0 Å². The summed E-state index contributed by atoms with van der Waals surface area (Å²) in [5, 5.41) is 9.49.